The Morgan fingerprint density at radius 1 is 1.06 bits per heavy atom. The lowest BCUT2D eigenvalue weighted by molar-refractivity contribution is 0.00699. The summed E-state index contributed by atoms with van der Waals surface area (Å²) in [7, 11) is 0. The van der Waals surface area contributed by atoms with Gasteiger partial charge in [-0.3, -0.25) is 0 Å². The Bertz CT molecular complexity index is 311. The molecule has 0 saturated carbocycles. The molecule has 2 rings (SSSR count). The first kappa shape index (κ1) is 12.6. The van der Waals surface area contributed by atoms with E-state index in [1.165, 1.54) is 31.2 Å². The van der Waals surface area contributed by atoms with Gasteiger partial charge >= 0.3 is 0 Å². The van der Waals surface area contributed by atoms with Gasteiger partial charge in [0.1, 0.15) is 0 Å². The van der Waals surface area contributed by atoms with E-state index in [2.05, 4.69) is 30.3 Å². The lowest BCUT2D eigenvalue weighted by Crippen LogP contribution is -2.32. The van der Waals surface area contributed by atoms with E-state index in [1.54, 1.807) is 0 Å². The van der Waals surface area contributed by atoms with Crippen molar-refractivity contribution in [3.05, 3.63) is 35.9 Å². The SMILES string of the molecule is NCCC1(CCc2ccccc2)CCOCC1. The highest BCUT2D eigenvalue weighted by molar-refractivity contribution is 5.15. The number of rotatable bonds is 5. The van der Waals surface area contributed by atoms with Crippen LogP contribution in [-0.4, -0.2) is 19.8 Å². The molecule has 1 fully saturated rings. The summed E-state index contributed by atoms with van der Waals surface area (Å²) in [6.07, 6.45) is 5.91. The molecule has 1 aliphatic heterocycles. The molecule has 0 spiro atoms. The molecule has 0 aromatic heterocycles. The van der Waals surface area contributed by atoms with E-state index in [1.807, 2.05) is 0 Å². The van der Waals surface area contributed by atoms with Crippen molar-refractivity contribution in [2.45, 2.75) is 32.1 Å². The van der Waals surface area contributed by atoms with Gasteiger partial charge in [0.25, 0.3) is 0 Å². The van der Waals surface area contributed by atoms with Crippen LogP contribution < -0.4 is 5.73 Å². The molecule has 1 aromatic carbocycles. The van der Waals surface area contributed by atoms with Crippen LogP contribution in [0.4, 0.5) is 0 Å². The first-order chi connectivity index (χ1) is 8.35. The molecule has 2 heteroatoms. The zero-order valence-corrected chi connectivity index (χ0v) is 10.5. The summed E-state index contributed by atoms with van der Waals surface area (Å²) in [6, 6.07) is 10.8. The van der Waals surface area contributed by atoms with E-state index < -0.39 is 0 Å². The van der Waals surface area contributed by atoms with Crippen molar-refractivity contribution in [2.75, 3.05) is 19.8 Å². The standard InChI is InChI=1S/C15H23NO/c16-11-8-15(9-12-17-13-10-15)7-6-14-4-2-1-3-5-14/h1-5H,6-13,16H2. The van der Waals surface area contributed by atoms with Gasteiger partial charge in [-0.1, -0.05) is 30.3 Å². The maximum absolute atomic E-state index is 5.77. The maximum Gasteiger partial charge on any atom is 0.0471 e. The summed E-state index contributed by atoms with van der Waals surface area (Å²) in [5.41, 5.74) is 7.65. The van der Waals surface area contributed by atoms with Crippen molar-refractivity contribution < 1.29 is 4.74 Å². The third-order valence-corrected chi connectivity index (χ3v) is 4.01. The van der Waals surface area contributed by atoms with Crippen LogP contribution in [-0.2, 0) is 11.2 Å². The van der Waals surface area contributed by atoms with Gasteiger partial charge in [0.05, 0.1) is 0 Å². The molecule has 0 amide bonds. The van der Waals surface area contributed by atoms with Gasteiger partial charge in [0, 0.05) is 13.2 Å². The van der Waals surface area contributed by atoms with E-state index in [0.717, 1.165) is 26.2 Å². The van der Waals surface area contributed by atoms with E-state index in [9.17, 15) is 0 Å². The third kappa shape index (κ3) is 3.55. The molecule has 2 nitrogen and oxygen atoms in total. The molecule has 0 aliphatic carbocycles. The molecule has 94 valence electrons. The van der Waals surface area contributed by atoms with Crippen LogP contribution in [0.25, 0.3) is 0 Å². The number of hydrogen-bond acceptors (Lipinski definition) is 2. The van der Waals surface area contributed by atoms with Crippen LogP contribution in [0.15, 0.2) is 30.3 Å². The van der Waals surface area contributed by atoms with Crippen molar-refractivity contribution in [1.82, 2.24) is 0 Å². The minimum absolute atomic E-state index is 0.433. The molecule has 0 atom stereocenters. The summed E-state index contributed by atoms with van der Waals surface area (Å²) < 4.78 is 5.48. The summed E-state index contributed by atoms with van der Waals surface area (Å²) in [4.78, 5) is 0. The fourth-order valence-electron chi connectivity index (χ4n) is 2.79. The predicted molar refractivity (Wildman–Crippen MR) is 70.9 cm³/mol. The zero-order chi connectivity index (χ0) is 12.0. The molecule has 0 unspecified atom stereocenters. The molecule has 0 radical (unpaired) electrons. The largest absolute Gasteiger partial charge is 0.381 e. The average Bonchev–Trinajstić information content (AvgIpc) is 2.39. The highest BCUT2D eigenvalue weighted by Crippen LogP contribution is 2.38. The number of nitrogens with two attached hydrogens (primary N) is 1. The topological polar surface area (TPSA) is 35.2 Å². The Labute approximate surface area is 104 Å². The molecule has 1 saturated heterocycles. The van der Waals surface area contributed by atoms with E-state index >= 15 is 0 Å². The van der Waals surface area contributed by atoms with Gasteiger partial charge in [0.2, 0.25) is 0 Å². The minimum Gasteiger partial charge on any atom is -0.381 e. The van der Waals surface area contributed by atoms with Crippen molar-refractivity contribution >= 4 is 0 Å². The summed E-state index contributed by atoms with van der Waals surface area (Å²) >= 11 is 0. The van der Waals surface area contributed by atoms with E-state index in [4.69, 9.17) is 10.5 Å². The van der Waals surface area contributed by atoms with Gasteiger partial charge in [0.15, 0.2) is 0 Å². The molecule has 1 aromatic rings. The van der Waals surface area contributed by atoms with Gasteiger partial charge < -0.3 is 10.5 Å². The van der Waals surface area contributed by atoms with Gasteiger partial charge in [-0.15, -0.1) is 0 Å². The lowest BCUT2D eigenvalue weighted by Gasteiger charge is -2.37. The van der Waals surface area contributed by atoms with Gasteiger partial charge in [-0.25, -0.2) is 0 Å². The highest BCUT2D eigenvalue weighted by Gasteiger charge is 2.31. The van der Waals surface area contributed by atoms with E-state index in [0.29, 0.717) is 5.41 Å². The van der Waals surface area contributed by atoms with Gasteiger partial charge in [-0.2, -0.15) is 0 Å². The molecule has 0 bridgehead atoms. The quantitative estimate of drug-likeness (QED) is 0.848. The smallest absolute Gasteiger partial charge is 0.0471 e. The zero-order valence-electron chi connectivity index (χ0n) is 10.5. The minimum atomic E-state index is 0.433. The van der Waals surface area contributed by atoms with Crippen LogP contribution in [0.3, 0.4) is 0 Å². The lowest BCUT2D eigenvalue weighted by atomic mass is 9.73. The Kier molecular flexibility index (Phi) is 4.57. The number of ether oxygens (including phenoxy) is 1. The highest BCUT2D eigenvalue weighted by atomic mass is 16.5. The Morgan fingerprint density at radius 2 is 1.76 bits per heavy atom. The Balaban J connectivity index is 1.93. The van der Waals surface area contributed by atoms with Crippen molar-refractivity contribution in [1.29, 1.82) is 0 Å². The van der Waals surface area contributed by atoms with Crippen molar-refractivity contribution in [2.24, 2.45) is 11.1 Å². The number of aryl methyl sites for hydroxylation is 1. The molecule has 1 heterocycles. The monoisotopic (exact) mass is 233 g/mol. The van der Waals surface area contributed by atoms with E-state index in [-0.39, 0.29) is 0 Å². The van der Waals surface area contributed by atoms with Crippen LogP contribution in [0.1, 0.15) is 31.2 Å². The second kappa shape index (κ2) is 6.18. The predicted octanol–water partition coefficient (Wildman–Crippen LogP) is 2.76. The number of hydrogen-bond donors (Lipinski definition) is 1. The van der Waals surface area contributed by atoms with Gasteiger partial charge in [-0.05, 0) is 49.6 Å². The van der Waals surface area contributed by atoms with Crippen LogP contribution in [0, 0.1) is 5.41 Å². The molecular weight excluding hydrogens is 210 g/mol. The molecule has 2 N–H and O–H groups in total. The van der Waals surface area contributed by atoms with Crippen LogP contribution in [0.5, 0.6) is 0 Å². The summed E-state index contributed by atoms with van der Waals surface area (Å²) in [5.74, 6) is 0. The van der Waals surface area contributed by atoms with Crippen LogP contribution in [0.2, 0.25) is 0 Å². The molecule has 17 heavy (non-hydrogen) atoms. The fourth-order valence-corrected chi connectivity index (χ4v) is 2.79. The molecule has 1 aliphatic rings. The third-order valence-electron chi connectivity index (χ3n) is 4.01. The first-order valence-corrected chi connectivity index (χ1v) is 6.66. The van der Waals surface area contributed by atoms with Crippen LogP contribution >= 0.6 is 0 Å². The maximum atomic E-state index is 5.77. The average molecular weight is 233 g/mol. The Morgan fingerprint density at radius 3 is 2.41 bits per heavy atom. The van der Waals surface area contributed by atoms with Crippen molar-refractivity contribution in [3.8, 4) is 0 Å². The summed E-state index contributed by atoms with van der Waals surface area (Å²) in [5, 5.41) is 0. The second-order valence-corrected chi connectivity index (χ2v) is 5.14. The normalized spacial score (nSPS) is 19.1. The molecular formula is C15H23NO. The number of benzene rings is 1. The Hall–Kier alpha value is -0.860. The second-order valence-electron chi connectivity index (χ2n) is 5.14. The fraction of sp³-hybridized carbons (Fsp3) is 0.600. The summed E-state index contributed by atoms with van der Waals surface area (Å²) in [6.45, 7) is 2.62. The van der Waals surface area contributed by atoms with Crippen molar-refractivity contribution in [3.63, 3.8) is 0 Å². The first-order valence-electron chi connectivity index (χ1n) is 6.66.